The summed E-state index contributed by atoms with van der Waals surface area (Å²) in [5.41, 5.74) is 0. The lowest BCUT2D eigenvalue weighted by Crippen LogP contribution is -2.64. The second kappa shape index (κ2) is 37.2. The molecule has 0 spiro atoms. The van der Waals surface area contributed by atoms with Crippen LogP contribution in [0, 0.1) is 0 Å². The summed E-state index contributed by atoms with van der Waals surface area (Å²) >= 11 is 0. The first-order valence-corrected chi connectivity index (χ1v) is 24.9. The number of aliphatic hydroxyl groups excluding tert-OH is 5. The van der Waals surface area contributed by atoms with Crippen molar-refractivity contribution >= 4 is 19.8 Å². The normalized spacial score (nSPS) is 22.2. The van der Waals surface area contributed by atoms with E-state index in [4.69, 9.17) is 18.5 Å². The number of rotatable bonds is 39. The molecule has 1 aliphatic carbocycles. The number of phosphoric ester groups is 1. The van der Waals surface area contributed by atoms with Gasteiger partial charge in [0.25, 0.3) is 0 Å². The van der Waals surface area contributed by atoms with Crippen LogP contribution >= 0.6 is 7.82 Å². The maximum absolute atomic E-state index is 12.8. The Morgan fingerprint density at radius 1 is 0.557 bits per heavy atom. The molecular formula is C47H83O13P. The van der Waals surface area contributed by atoms with Gasteiger partial charge in [-0.3, -0.25) is 18.6 Å². The Bertz CT molecular complexity index is 1240. The Morgan fingerprint density at radius 3 is 1.51 bits per heavy atom. The molecule has 0 aromatic carbocycles. The van der Waals surface area contributed by atoms with Gasteiger partial charge in [0.15, 0.2) is 6.10 Å². The van der Waals surface area contributed by atoms with E-state index in [1.165, 1.54) is 89.9 Å². The molecule has 6 N–H and O–H groups in total. The number of ether oxygens (including phenoxy) is 2. The van der Waals surface area contributed by atoms with Gasteiger partial charge in [-0.05, 0) is 57.8 Å². The highest BCUT2D eigenvalue weighted by atomic mass is 31.2. The van der Waals surface area contributed by atoms with Crippen molar-refractivity contribution < 1.29 is 63.1 Å². The molecule has 354 valence electrons. The largest absolute Gasteiger partial charge is 0.472 e. The number of carbonyl (C=O) groups excluding carboxylic acids is 2. The molecule has 1 fully saturated rings. The van der Waals surface area contributed by atoms with Gasteiger partial charge in [-0.25, -0.2) is 4.57 Å². The minimum absolute atomic E-state index is 0.0839. The second-order valence-electron chi connectivity index (χ2n) is 16.3. The minimum atomic E-state index is -5.13. The number of hydrogen-bond acceptors (Lipinski definition) is 12. The maximum atomic E-state index is 12.8. The average molecular weight is 887 g/mol. The van der Waals surface area contributed by atoms with E-state index in [0.29, 0.717) is 19.3 Å². The summed E-state index contributed by atoms with van der Waals surface area (Å²) in [4.78, 5) is 35.7. The highest BCUT2D eigenvalue weighted by Crippen LogP contribution is 2.47. The SMILES string of the molecule is C=CCCCCCCCCCCCCCCCC(=O)O[C@@H](COC(=O)CCC/C=C/C/C=C/C/C=C/CCCCCCCC)COP(=O)(O)OC1C(O)C(O)C(O)[C@H](O)C1O. The van der Waals surface area contributed by atoms with E-state index in [2.05, 4.69) is 37.8 Å². The molecule has 1 rings (SSSR count). The van der Waals surface area contributed by atoms with Crippen LogP contribution in [0.5, 0.6) is 0 Å². The Balaban J connectivity index is 2.48. The number of unbranched alkanes of at least 4 members (excludes halogenated alkanes) is 20. The fourth-order valence-electron chi connectivity index (χ4n) is 6.99. The van der Waals surface area contributed by atoms with Crippen molar-refractivity contribution in [1.82, 2.24) is 0 Å². The van der Waals surface area contributed by atoms with Crippen molar-refractivity contribution in [1.29, 1.82) is 0 Å². The molecule has 1 aliphatic rings. The lowest BCUT2D eigenvalue weighted by Gasteiger charge is -2.41. The lowest BCUT2D eigenvalue weighted by molar-refractivity contribution is -0.220. The maximum Gasteiger partial charge on any atom is 0.472 e. The number of hydrogen-bond donors (Lipinski definition) is 6. The van der Waals surface area contributed by atoms with E-state index in [1.54, 1.807) is 0 Å². The number of carbonyl (C=O) groups is 2. The smallest absolute Gasteiger partial charge is 0.462 e. The summed E-state index contributed by atoms with van der Waals surface area (Å²) in [5, 5.41) is 50.1. The summed E-state index contributed by atoms with van der Waals surface area (Å²) in [6, 6.07) is 0. The van der Waals surface area contributed by atoms with Gasteiger partial charge in [0.2, 0.25) is 0 Å². The van der Waals surface area contributed by atoms with Gasteiger partial charge in [-0.15, -0.1) is 6.58 Å². The summed E-state index contributed by atoms with van der Waals surface area (Å²) in [6.45, 7) is 4.78. The molecule has 61 heavy (non-hydrogen) atoms. The molecule has 0 heterocycles. The Labute approximate surface area is 367 Å². The van der Waals surface area contributed by atoms with Crippen LogP contribution in [0.25, 0.3) is 0 Å². The molecule has 1 saturated carbocycles. The average Bonchev–Trinajstić information content (AvgIpc) is 3.24. The number of phosphoric acid groups is 1. The van der Waals surface area contributed by atoms with E-state index in [1.807, 2.05) is 18.2 Å². The van der Waals surface area contributed by atoms with Crippen LogP contribution in [0.1, 0.15) is 180 Å². The molecule has 14 heteroatoms. The van der Waals surface area contributed by atoms with Crippen LogP contribution in [-0.4, -0.2) is 98.3 Å². The Hall–Kier alpha value is -2.19. The molecule has 13 nitrogen and oxygen atoms in total. The number of allylic oxidation sites excluding steroid dienone is 7. The fraction of sp³-hybridized carbons (Fsp3) is 0.787. The minimum Gasteiger partial charge on any atom is -0.462 e. The summed E-state index contributed by atoms with van der Waals surface area (Å²) in [6.07, 6.45) is 29.2. The Morgan fingerprint density at radius 2 is 0.984 bits per heavy atom. The van der Waals surface area contributed by atoms with Gasteiger partial charge < -0.3 is 39.9 Å². The number of esters is 2. The summed E-state index contributed by atoms with van der Waals surface area (Å²) in [5.74, 6) is -1.16. The van der Waals surface area contributed by atoms with E-state index in [-0.39, 0.29) is 12.8 Å². The third-order valence-corrected chi connectivity index (χ3v) is 11.8. The third-order valence-electron chi connectivity index (χ3n) is 10.8. The zero-order valence-corrected chi connectivity index (χ0v) is 38.2. The molecule has 0 bridgehead atoms. The van der Waals surface area contributed by atoms with Gasteiger partial charge >= 0.3 is 19.8 Å². The van der Waals surface area contributed by atoms with E-state index in [0.717, 1.165) is 51.4 Å². The van der Waals surface area contributed by atoms with Gasteiger partial charge in [0, 0.05) is 12.8 Å². The van der Waals surface area contributed by atoms with Crippen LogP contribution in [0.4, 0.5) is 0 Å². The van der Waals surface area contributed by atoms with Crippen LogP contribution in [0.15, 0.2) is 49.1 Å². The van der Waals surface area contributed by atoms with Crippen LogP contribution in [0.3, 0.4) is 0 Å². The second-order valence-corrected chi connectivity index (χ2v) is 17.7. The molecule has 8 atom stereocenters. The van der Waals surface area contributed by atoms with Gasteiger partial charge in [-0.2, -0.15) is 0 Å². The predicted molar refractivity (Wildman–Crippen MR) is 239 cm³/mol. The van der Waals surface area contributed by atoms with Crippen LogP contribution in [-0.2, 0) is 32.7 Å². The fourth-order valence-corrected chi connectivity index (χ4v) is 7.96. The van der Waals surface area contributed by atoms with E-state index in [9.17, 15) is 44.6 Å². The third kappa shape index (κ3) is 29.7. The molecule has 0 radical (unpaired) electrons. The van der Waals surface area contributed by atoms with Gasteiger partial charge in [0.1, 0.15) is 43.2 Å². The standard InChI is InChI=1S/C47H83O13P/c1-3-5-7-9-11-13-15-17-19-20-22-23-25-27-29-31-33-35-40(48)57-37-39(38-58-61(55,56)60-47-45(53)43(51)42(50)44(52)46(47)54)59-41(49)36-34-32-30-28-26-24-21-18-16-14-12-10-8-6-4-2/h4,17,19,22-23,27,29,39,42-47,50-54H,2-3,5-16,18,20-21,24-26,28,30-38H2,1H3,(H,55,56)/b19-17+,23-22+,29-27+/t39-,42?,43-,44?,45?,46?,47?/m0/s1. The van der Waals surface area contributed by atoms with Crippen LogP contribution < -0.4 is 0 Å². The van der Waals surface area contributed by atoms with Crippen molar-refractivity contribution in [2.24, 2.45) is 0 Å². The summed E-state index contributed by atoms with van der Waals surface area (Å²) < 4.78 is 33.5. The van der Waals surface area contributed by atoms with Crippen molar-refractivity contribution in [3.63, 3.8) is 0 Å². The number of aliphatic hydroxyl groups is 5. The molecule has 0 aromatic heterocycles. The molecule has 6 unspecified atom stereocenters. The topological polar surface area (TPSA) is 210 Å². The Kier molecular flexibility index (Phi) is 34.7. The highest BCUT2D eigenvalue weighted by Gasteiger charge is 2.51. The zero-order chi connectivity index (χ0) is 45.0. The summed E-state index contributed by atoms with van der Waals surface area (Å²) in [7, 11) is -5.13. The highest BCUT2D eigenvalue weighted by molar-refractivity contribution is 7.47. The molecule has 0 aromatic rings. The van der Waals surface area contributed by atoms with Crippen molar-refractivity contribution in [2.45, 2.75) is 223 Å². The van der Waals surface area contributed by atoms with Crippen molar-refractivity contribution in [3.8, 4) is 0 Å². The van der Waals surface area contributed by atoms with Gasteiger partial charge in [0.05, 0.1) is 6.61 Å². The monoisotopic (exact) mass is 887 g/mol. The molecule has 0 saturated heterocycles. The lowest BCUT2D eigenvalue weighted by atomic mass is 9.85. The first kappa shape index (κ1) is 56.8. The zero-order valence-electron chi connectivity index (χ0n) is 37.3. The van der Waals surface area contributed by atoms with E-state index < -0.39 is 75.7 Å². The molecular weight excluding hydrogens is 803 g/mol. The first-order valence-electron chi connectivity index (χ1n) is 23.4. The molecule has 0 amide bonds. The van der Waals surface area contributed by atoms with E-state index >= 15 is 0 Å². The quantitative estimate of drug-likeness (QED) is 0.0147. The van der Waals surface area contributed by atoms with Crippen LogP contribution in [0.2, 0.25) is 0 Å². The predicted octanol–water partition coefficient (Wildman–Crippen LogP) is 9.17. The molecule has 0 aliphatic heterocycles. The van der Waals surface area contributed by atoms with Gasteiger partial charge in [-0.1, -0.05) is 152 Å². The first-order chi connectivity index (χ1) is 29.4. The van der Waals surface area contributed by atoms with Crippen molar-refractivity contribution in [3.05, 3.63) is 49.1 Å². The van der Waals surface area contributed by atoms with Crippen molar-refractivity contribution in [2.75, 3.05) is 13.2 Å².